The second-order valence-corrected chi connectivity index (χ2v) is 6.61. The van der Waals surface area contributed by atoms with E-state index in [1.54, 1.807) is 6.92 Å². The monoisotopic (exact) mass is 268 g/mol. The van der Waals surface area contributed by atoms with Crippen molar-refractivity contribution in [2.24, 2.45) is 0 Å². The lowest BCUT2D eigenvalue weighted by Crippen LogP contribution is -2.30. The number of sulfonamides is 1. The van der Waals surface area contributed by atoms with Crippen molar-refractivity contribution in [3.8, 4) is 0 Å². The second-order valence-electron chi connectivity index (χ2n) is 4.52. The maximum absolute atomic E-state index is 11.3. The predicted octanol–water partition coefficient (Wildman–Crippen LogP) is 1.38. The van der Waals surface area contributed by atoms with Crippen molar-refractivity contribution >= 4 is 15.7 Å². The summed E-state index contributed by atoms with van der Waals surface area (Å²) in [5.74, 6) is 0.152. The Balaban J connectivity index is 1.79. The van der Waals surface area contributed by atoms with Gasteiger partial charge < -0.3 is 4.90 Å². The number of benzene rings is 1. The highest BCUT2D eigenvalue weighted by Gasteiger charge is 2.17. The van der Waals surface area contributed by atoms with Crippen LogP contribution in [-0.4, -0.2) is 33.8 Å². The summed E-state index contributed by atoms with van der Waals surface area (Å²) < 4.78 is 25.1. The van der Waals surface area contributed by atoms with Gasteiger partial charge in [0.1, 0.15) is 0 Å². The Morgan fingerprint density at radius 3 is 2.89 bits per heavy atom. The molecule has 1 aromatic carbocycles. The first-order valence-corrected chi connectivity index (χ1v) is 8.08. The van der Waals surface area contributed by atoms with Gasteiger partial charge in [-0.25, -0.2) is 13.1 Å². The first kappa shape index (κ1) is 13.4. The number of fused-ring (bicyclic) bond motifs is 1. The number of nitrogens with one attached hydrogen (secondary N) is 1. The van der Waals surface area contributed by atoms with E-state index in [2.05, 4.69) is 33.9 Å². The van der Waals surface area contributed by atoms with Crippen LogP contribution < -0.4 is 9.62 Å². The van der Waals surface area contributed by atoms with Crippen molar-refractivity contribution in [2.45, 2.75) is 19.8 Å². The Bertz CT molecular complexity index is 499. The molecular weight excluding hydrogens is 248 g/mol. The van der Waals surface area contributed by atoms with Gasteiger partial charge in [-0.15, -0.1) is 0 Å². The maximum atomic E-state index is 11.3. The second kappa shape index (κ2) is 5.71. The molecule has 100 valence electrons. The van der Waals surface area contributed by atoms with Crippen LogP contribution in [0, 0.1) is 0 Å². The minimum absolute atomic E-state index is 0.152. The van der Waals surface area contributed by atoms with Gasteiger partial charge in [0.2, 0.25) is 10.0 Å². The average Bonchev–Trinajstić information content (AvgIpc) is 2.78. The van der Waals surface area contributed by atoms with Gasteiger partial charge in [-0.05, 0) is 31.4 Å². The molecule has 1 N–H and O–H groups in total. The van der Waals surface area contributed by atoms with Crippen molar-refractivity contribution in [2.75, 3.05) is 30.3 Å². The molecule has 0 atom stereocenters. The third kappa shape index (κ3) is 3.23. The molecule has 4 nitrogen and oxygen atoms in total. The number of anilines is 1. The van der Waals surface area contributed by atoms with Gasteiger partial charge in [0.25, 0.3) is 0 Å². The highest BCUT2D eigenvalue weighted by atomic mass is 32.2. The number of rotatable bonds is 6. The Labute approximate surface area is 109 Å². The predicted molar refractivity (Wildman–Crippen MR) is 74.4 cm³/mol. The molecular formula is C13H20N2O2S. The van der Waals surface area contributed by atoms with Gasteiger partial charge in [0.05, 0.1) is 5.75 Å². The molecule has 0 aliphatic carbocycles. The fourth-order valence-corrected chi connectivity index (χ4v) is 2.90. The van der Waals surface area contributed by atoms with Gasteiger partial charge in [-0.2, -0.15) is 0 Å². The summed E-state index contributed by atoms with van der Waals surface area (Å²) in [6.07, 6.45) is 1.93. The molecule has 0 bridgehead atoms. The molecule has 0 spiro atoms. The zero-order chi connectivity index (χ0) is 13.0. The lowest BCUT2D eigenvalue weighted by atomic mass is 10.2. The lowest BCUT2D eigenvalue weighted by Gasteiger charge is -2.19. The first-order chi connectivity index (χ1) is 8.62. The molecule has 0 aromatic heterocycles. The molecule has 1 aromatic rings. The number of nitrogens with zero attached hydrogens (tertiary/aromatic N) is 1. The third-order valence-electron chi connectivity index (χ3n) is 3.29. The summed E-state index contributed by atoms with van der Waals surface area (Å²) in [4.78, 5) is 2.33. The SMILES string of the molecule is CCS(=O)(=O)NCCCN1CCc2ccccc21. The van der Waals surface area contributed by atoms with Crippen LogP contribution in [0.3, 0.4) is 0 Å². The van der Waals surface area contributed by atoms with E-state index in [1.807, 2.05) is 0 Å². The molecule has 0 unspecified atom stereocenters. The summed E-state index contributed by atoms with van der Waals surface area (Å²) in [5, 5.41) is 0. The van der Waals surface area contributed by atoms with E-state index in [0.717, 1.165) is 25.9 Å². The zero-order valence-electron chi connectivity index (χ0n) is 10.7. The fourth-order valence-electron chi connectivity index (χ4n) is 2.24. The third-order valence-corrected chi connectivity index (χ3v) is 4.69. The van der Waals surface area contributed by atoms with E-state index < -0.39 is 10.0 Å². The molecule has 1 aliphatic rings. The van der Waals surface area contributed by atoms with E-state index in [0.29, 0.717) is 6.54 Å². The maximum Gasteiger partial charge on any atom is 0.211 e. The van der Waals surface area contributed by atoms with Crippen molar-refractivity contribution in [3.63, 3.8) is 0 Å². The van der Waals surface area contributed by atoms with Gasteiger partial charge in [0.15, 0.2) is 0 Å². The smallest absolute Gasteiger partial charge is 0.211 e. The summed E-state index contributed by atoms with van der Waals surface area (Å²) in [6, 6.07) is 8.42. The lowest BCUT2D eigenvalue weighted by molar-refractivity contribution is 0.579. The molecule has 0 saturated carbocycles. The van der Waals surface area contributed by atoms with Crippen LogP contribution in [0.25, 0.3) is 0 Å². The topological polar surface area (TPSA) is 49.4 Å². The van der Waals surface area contributed by atoms with Crippen LogP contribution in [0.15, 0.2) is 24.3 Å². The summed E-state index contributed by atoms with van der Waals surface area (Å²) in [7, 11) is -3.04. The standard InChI is InChI=1S/C13H20N2O2S/c1-2-18(16,17)14-9-5-10-15-11-8-12-6-3-4-7-13(12)15/h3-4,6-7,14H,2,5,8-11H2,1H3. The van der Waals surface area contributed by atoms with Crippen LogP contribution in [0.4, 0.5) is 5.69 Å². The largest absolute Gasteiger partial charge is 0.371 e. The minimum atomic E-state index is -3.04. The highest BCUT2D eigenvalue weighted by molar-refractivity contribution is 7.89. The molecule has 5 heteroatoms. The zero-order valence-corrected chi connectivity index (χ0v) is 11.5. The van der Waals surface area contributed by atoms with Crippen molar-refractivity contribution in [1.29, 1.82) is 0 Å². The van der Waals surface area contributed by atoms with Crippen LogP contribution in [0.2, 0.25) is 0 Å². The summed E-state index contributed by atoms with van der Waals surface area (Å²) >= 11 is 0. The normalized spacial score (nSPS) is 14.8. The molecule has 0 fully saturated rings. The van der Waals surface area contributed by atoms with E-state index in [1.165, 1.54) is 11.3 Å². The van der Waals surface area contributed by atoms with E-state index in [-0.39, 0.29) is 5.75 Å². The van der Waals surface area contributed by atoms with Crippen LogP contribution in [0.5, 0.6) is 0 Å². The summed E-state index contributed by atoms with van der Waals surface area (Å²) in [6.45, 7) is 4.12. The number of para-hydroxylation sites is 1. The van der Waals surface area contributed by atoms with E-state index >= 15 is 0 Å². The Hall–Kier alpha value is -1.07. The quantitative estimate of drug-likeness (QED) is 0.793. The molecule has 1 aliphatic heterocycles. The van der Waals surface area contributed by atoms with E-state index in [4.69, 9.17) is 0 Å². The van der Waals surface area contributed by atoms with Gasteiger partial charge in [-0.1, -0.05) is 18.2 Å². The Morgan fingerprint density at radius 1 is 1.33 bits per heavy atom. The van der Waals surface area contributed by atoms with Gasteiger partial charge >= 0.3 is 0 Å². The Kier molecular flexibility index (Phi) is 4.24. The van der Waals surface area contributed by atoms with Gasteiger partial charge in [-0.3, -0.25) is 0 Å². The van der Waals surface area contributed by atoms with Crippen molar-refractivity contribution < 1.29 is 8.42 Å². The summed E-state index contributed by atoms with van der Waals surface area (Å²) in [5.41, 5.74) is 2.70. The first-order valence-electron chi connectivity index (χ1n) is 6.42. The molecule has 18 heavy (non-hydrogen) atoms. The average molecular weight is 268 g/mol. The van der Waals surface area contributed by atoms with Crippen LogP contribution in [-0.2, 0) is 16.4 Å². The molecule has 0 amide bonds. The number of hydrogen-bond acceptors (Lipinski definition) is 3. The molecule has 0 radical (unpaired) electrons. The van der Waals surface area contributed by atoms with Crippen molar-refractivity contribution in [1.82, 2.24) is 4.72 Å². The molecule has 1 heterocycles. The van der Waals surface area contributed by atoms with Crippen LogP contribution >= 0.6 is 0 Å². The number of hydrogen-bond donors (Lipinski definition) is 1. The van der Waals surface area contributed by atoms with E-state index in [9.17, 15) is 8.42 Å². The minimum Gasteiger partial charge on any atom is -0.371 e. The Morgan fingerprint density at radius 2 is 2.11 bits per heavy atom. The highest BCUT2D eigenvalue weighted by Crippen LogP contribution is 2.27. The van der Waals surface area contributed by atoms with Crippen molar-refractivity contribution in [3.05, 3.63) is 29.8 Å². The molecule has 2 rings (SSSR count). The fraction of sp³-hybridized carbons (Fsp3) is 0.538. The van der Waals surface area contributed by atoms with Crippen LogP contribution in [0.1, 0.15) is 18.9 Å². The molecule has 0 saturated heterocycles. The van der Waals surface area contributed by atoms with Gasteiger partial charge in [0, 0.05) is 25.3 Å².